The molecular formula is C19H29ClO. The minimum Gasteiger partial charge on any atom is -0.299 e. The number of halogens is 1. The molecule has 0 radical (unpaired) electrons. The smallest absolute Gasteiger partial charge is 0.139 e. The van der Waals surface area contributed by atoms with Crippen LogP contribution in [0.2, 0.25) is 0 Å². The molecule has 0 heterocycles. The van der Waals surface area contributed by atoms with E-state index >= 15 is 0 Å². The first-order valence-corrected chi connectivity index (χ1v) is 9.56. The van der Waals surface area contributed by atoms with E-state index in [4.69, 9.17) is 11.6 Å². The number of Topliss-reactive ketones (excluding diaryl/α,β-unsaturated/α-hetero) is 1. The van der Waals surface area contributed by atoms with Crippen LogP contribution < -0.4 is 0 Å². The molecule has 7 atom stereocenters. The molecule has 1 nitrogen and oxygen atoms in total. The SMILES string of the molecule is C[C@]12CC[C@@H](Cl)C[C@@H]1CC[C@H]1[C@H]2CC[C@]2(C)C(=O)CC[C@@H]12. The van der Waals surface area contributed by atoms with Crippen molar-refractivity contribution in [2.45, 2.75) is 77.0 Å². The average molecular weight is 309 g/mol. The lowest BCUT2D eigenvalue weighted by Crippen LogP contribution is -2.53. The second kappa shape index (κ2) is 4.73. The van der Waals surface area contributed by atoms with Gasteiger partial charge in [0.2, 0.25) is 0 Å². The van der Waals surface area contributed by atoms with E-state index in [-0.39, 0.29) is 5.41 Å². The molecule has 2 heteroatoms. The molecule has 0 amide bonds. The van der Waals surface area contributed by atoms with Gasteiger partial charge < -0.3 is 0 Å². The third-order valence-electron chi connectivity index (χ3n) is 8.31. The van der Waals surface area contributed by atoms with Crippen molar-refractivity contribution in [2.75, 3.05) is 0 Å². The highest BCUT2D eigenvalue weighted by Crippen LogP contribution is 2.65. The fourth-order valence-electron chi connectivity index (χ4n) is 6.98. The van der Waals surface area contributed by atoms with Gasteiger partial charge >= 0.3 is 0 Å². The van der Waals surface area contributed by atoms with E-state index < -0.39 is 0 Å². The molecule has 4 fully saturated rings. The Morgan fingerprint density at radius 2 is 1.81 bits per heavy atom. The third-order valence-corrected chi connectivity index (χ3v) is 8.71. The van der Waals surface area contributed by atoms with Gasteiger partial charge in [-0.15, -0.1) is 11.6 Å². The molecule has 0 aromatic heterocycles. The quantitative estimate of drug-likeness (QED) is 0.562. The minimum absolute atomic E-state index is 0.0358. The van der Waals surface area contributed by atoms with Crippen molar-refractivity contribution >= 4 is 17.4 Å². The highest BCUT2D eigenvalue weighted by molar-refractivity contribution is 6.20. The molecule has 4 aliphatic carbocycles. The van der Waals surface area contributed by atoms with Gasteiger partial charge in [0.1, 0.15) is 5.78 Å². The van der Waals surface area contributed by atoms with E-state index in [1.807, 2.05) is 0 Å². The molecule has 118 valence electrons. The summed E-state index contributed by atoms with van der Waals surface area (Å²) in [6.07, 6.45) is 11.0. The van der Waals surface area contributed by atoms with Gasteiger partial charge in [-0.05, 0) is 80.5 Å². The number of alkyl halides is 1. The minimum atomic E-state index is 0.0358. The summed E-state index contributed by atoms with van der Waals surface area (Å²) in [5, 5.41) is 0.418. The van der Waals surface area contributed by atoms with Crippen molar-refractivity contribution in [1.29, 1.82) is 0 Å². The lowest BCUT2D eigenvalue weighted by atomic mass is 9.45. The van der Waals surface area contributed by atoms with Crippen molar-refractivity contribution in [2.24, 2.45) is 34.5 Å². The van der Waals surface area contributed by atoms with E-state index in [0.717, 1.165) is 30.6 Å². The standard InChI is InChI=1S/C19H29ClO/c1-18-9-7-13(20)11-12(18)3-4-14-15-5-6-17(21)19(15,2)10-8-16(14)18/h12-16H,3-11H2,1-2H3/t12-,13+,14+,15-,16+,18-,19-/m0/s1. The summed E-state index contributed by atoms with van der Waals surface area (Å²) >= 11 is 6.46. The van der Waals surface area contributed by atoms with E-state index in [1.54, 1.807) is 0 Å². The molecule has 4 aliphatic rings. The monoisotopic (exact) mass is 308 g/mol. The van der Waals surface area contributed by atoms with Crippen LogP contribution in [0.5, 0.6) is 0 Å². The number of hydrogen-bond donors (Lipinski definition) is 0. The first-order valence-electron chi connectivity index (χ1n) is 9.12. The van der Waals surface area contributed by atoms with Gasteiger partial charge in [0.25, 0.3) is 0 Å². The van der Waals surface area contributed by atoms with Gasteiger partial charge in [-0.2, -0.15) is 0 Å². The van der Waals surface area contributed by atoms with Crippen LogP contribution in [0.4, 0.5) is 0 Å². The third kappa shape index (κ3) is 1.92. The number of fused-ring (bicyclic) bond motifs is 5. The number of carbonyl (C=O) groups is 1. The maximum Gasteiger partial charge on any atom is 0.139 e. The molecule has 0 spiro atoms. The van der Waals surface area contributed by atoms with Crippen molar-refractivity contribution < 1.29 is 4.79 Å². The summed E-state index contributed by atoms with van der Waals surface area (Å²) in [6, 6.07) is 0. The first-order chi connectivity index (χ1) is 9.95. The average Bonchev–Trinajstić information content (AvgIpc) is 2.76. The van der Waals surface area contributed by atoms with Gasteiger partial charge in [0.05, 0.1) is 0 Å². The summed E-state index contributed by atoms with van der Waals surface area (Å²) in [5.74, 6) is 3.79. The Balaban J connectivity index is 1.64. The molecule has 4 saturated carbocycles. The van der Waals surface area contributed by atoms with Gasteiger partial charge in [-0.1, -0.05) is 13.8 Å². The van der Waals surface area contributed by atoms with Crippen LogP contribution in [0.1, 0.15) is 71.6 Å². The Morgan fingerprint density at radius 1 is 1.00 bits per heavy atom. The van der Waals surface area contributed by atoms with Crippen LogP contribution in [0, 0.1) is 34.5 Å². The van der Waals surface area contributed by atoms with Gasteiger partial charge in [-0.3, -0.25) is 4.79 Å². The summed E-state index contributed by atoms with van der Waals surface area (Å²) in [7, 11) is 0. The lowest BCUT2D eigenvalue weighted by Gasteiger charge is -2.60. The van der Waals surface area contributed by atoms with Crippen LogP contribution in [-0.4, -0.2) is 11.2 Å². The molecular weight excluding hydrogens is 280 g/mol. The van der Waals surface area contributed by atoms with E-state index in [1.165, 1.54) is 44.9 Å². The fraction of sp³-hybridized carbons (Fsp3) is 0.947. The predicted octanol–water partition coefficient (Wildman–Crippen LogP) is 5.21. The summed E-state index contributed by atoms with van der Waals surface area (Å²) < 4.78 is 0. The highest BCUT2D eigenvalue weighted by atomic mass is 35.5. The molecule has 21 heavy (non-hydrogen) atoms. The van der Waals surface area contributed by atoms with Crippen LogP contribution in [0.3, 0.4) is 0 Å². The molecule has 0 aromatic rings. The zero-order valence-electron chi connectivity index (χ0n) is 13.5. The van der Waals surface area contributed by atoms with E-state index in [0.29, 0.717) is 22.5 Å². The number of carbonyl (C=O) groups excluding carboxylic acids is 1. The van der Waals surface area contributed by atoms with Gasteiger partial charge in [0.15, 0.2) is 0 Å². The van der Waals surface area contributed by atoms with Gasteiger partial charge in [0, 0.05) is 17.2 Å². The zero-order valence-corrected chi connectivity index (χ0v) is 14.3. The van der Waals surface area contributed by atoms with Crippen LogP contribution >= 0.6 is 11.6 Å². The first kappa shape index (κ1) is 14.5. The Bertz CT molecular complexity index is 460. The normalized spacial score (nSPS) is 56.5. The molecule has 4 rings (SSSR count). The Labute approximate surface area is 134 Å². The largest absolute Gasteiger partial charge is 0.299 e. The number of ketones is 1. The Morgan fingerprint density at radius 3 is 2.62 bits per heavy atom. The van der Waals surface area contributed by atoms with Crippen molar-refractivity contribution in [1.82, 2.24) is 0 Å². The lowest BCUT2D eigenvalue weighted by molar-refractivity contribution is -0.138. The second-order valence-electron chi connectivity index (χ2n) is 8.95. The van der Waals surface area contributed by atoms with Gasteiger partial charge in [-0.25, -0.2) is 0 Å². The maximum atomic E-state index is 12.4. The van der Waals surface area contributed by atoms with Crippen molar-refractivity contribution in [3.05, 3.63) is 0 Å². The summed E-state index contributed by atoms with van der Waals surface area (Å²) in [5.41, 5.74) is 0.551. The zero-order chi connectivity index (χ0) is 14.8. The number of rotatable bonds is 0. The topological polar surface area (TPSA) is 17.1 Å². The molecule has 0 saturated heterocycles. The van der Waals surface area contributed by atoms with E-state index in [2.05, 4.69) is 13.8 Å². The van der Waals surface area contributed by atoms with Crippen molar-refractivity contribution in [3.63, 3.8) is 0 Å². The molecule has 0 bridgehead atoms. The van der Waals surface area contributed by atoms with Crippen molar-refractivity contribution in [3.8, 4) is 0 Å². The maximum absolute atomic E-state index is 12.4. The van der Waals surface area contributed by atoms with Crippen LogP contribution in [0.15, 0.2) is 0 Å². The summed E-state index contributed by atoms with van der Waals surface area (Å²) in [6.45, 7) is 4.85. The Kier molecular flexibility index (Phi) is 3.27. The van der Waals surface area contributed by atoms with E-state index in [9.17, 15) is 4.79 Å². The number of hydrogen-bond acceptors (Lipinski definition) is 1. The van der Waals surface area contributed by atoms with Crippen LogP contribution in [-0.2, 0) is 4.79 Å². The highest BCUT2D eigenvalue weighted by Gasteiger charge is 2.60. The fourth-order valence-corrected chi connectivity index (χ4v) is 7.30. The molecule has 0 aromatic carbocycles. The van der Waals surface area contributed by atoms with Crippen LogP contribution in [0.25, 0.3) is 0 Å². The molecule has 0 unspecified atom stereocenters. The Hall–Kier alpha value is -0.0400. The second-order valence-corrected chi connectivity index (χ2v) is 9.56. The molecule has 0 aliphatic heterocycles. The summed E-state index contributed by atoms with van der Waals surface area (Å²) in [4.78, 5) is 12.4. The molecule has 0 N–H and O–H groups in total. The predicted molar refractivity (Wildman–Crippen MR) is 86.4 cm³/mol.